The maximum atomic E-state index is 10.6. The zero-order valence-electron chi connectivity index (χ0n) is 8.49. The molecule has 1 aliphatic heterocycles. The number of fused-ring (bicyclic) bond motifs is 1. The Morgan fingerprint density at radius 3 is 2.93 bits per heavy atom. The van der Waals surface area contributed by atoms with Crippen LogP contribution in [0.2, 0.25) is 0 Å². The Kier molecular flexibility index (Phi) is 2.28. The summed E-state index contributed by atoms with van der Waals surface area (Å²) in [5.41, 5.74) is 1.89. The van der Waals surface area contributed by atoms with Gasteiger partial charge < -0.3 is 4.74 Å². The van der Waals surface area contributed by atoms with Gasteiger partial charge in [0.1, 0.15) is 18.1 Å². The Labute approximate surface area is 83.9 Å². The quantitative estimate of drug-likeness (QED) is 0.669. The third kappa shape index (κ3) is 1.52. The molecular formula is C12H14O2. The summed E-state index contributed by atoms with van der Waals surface area (Å²) in [5.74, 6) is 1.45. The average Bonchev–Trinajstić information content (AvgIpc) is 2.59. The Bertz CT molecular complexity index is 355. The molecule has 2 rings (SSSR count). The second-order valence-electron chi connectivity index (χ2n) is 4.09. The van der Waals surface area contributed by atoms with E-state index in [1.807, 2.05) is 12.1 Å². The molecule has 0 aromatic heterocycles. The maximum absolute atomic E-state index is 10.6. The van der Waals surface area contributed by atoms with Gasteiger partial charge in [-0.1, -0.05) is 13.8 Å². The molecule has 1 aromatic rings. The van der Waals surface area contributed by atoms with E-state index in [1.165, 1.54) is 0 Å². The van der Waals surface area contributed by atoms with Gasteiger partial charge in [-0.2, -0.15) is 0 Å². The lowest BCUT2D eigenvalue weighted by Gasteiger charge is -2.13. The average molecular weight is 190 g/mol. The van der Waals surface area contributed by atoms with Crippen LogP contribution in [0.3, 0.4) is 0 Å². The molecular weight excluding hydrogens is 176 g/mol. The molecule has 0 aliphatic carbocycles. The Morgan fingerprint density at radius 2 is 2.29 bits per heavy atom. The summed E-state index contributed by atoms with van der Waals surface area (Å²) in [4.78, 5) is 10.6. The first-order valence-electron chi connectivity index (χ1n) is 4.95. The van der Waals surface area contributed by atoms with Gasteiger partial charge in [0, 0.05) is 12.0 Å². The minimum absolute atomic E-state index is 0.270. The summed E-state index contributed by atoms with van der Waals surface area (Å²) < 4.78 is 5.75. The highest BCUT2D eigenvalue weighted by molar-refractivity contribution is 5.75. The molecule has 1 aromatic carbocycles. The molecule has 74 valence electrons. The van der Waals surface area contributed by atoms with E-state index < -0.39 is 0 Å². The molecule has 1 atom stereocenters. The minimum atomic E-state index is 0.270. The van der Waals surface area contributed by atoms with Crippen LogP contribution < -0.4 is 4.74 Å². The van der Waals surface area contributed by atoms with Crippen LogP contribution in [0.4, 0.5) is 0 Å². The van der Waals surface area contributed by atoms with Crippen molar-refractivity contribution < 1.29 is 9.53 Å². The molecule has 1 heterocycles. The summed E-state index contributed by atoms with van der Waals surface area (Å²) >= 11 is 0. The Hall–Kier alpha value is -1.31. The fourth-order valence-corrected chi connectivity index (χ4v) is 1.74. The number of aldehydes is 1. The van der Waals surface area contributed by atoms with E-state index in [0.717, 1.165) is 29.6 Å². The first-order valence-corrected chi connectivity index (χ1v) is 4.95. The Morgan fingerprint density at radius 1 is 1.50 bits per heavy atom. The summed E-state index contributed by atoms with van der Waals surface area (Å²) in [7, 11) is 0. The smallest absolute Gasteiger partial charge is 0.150 e. The lowest BCUT2D eigenvalue weighted by atomic mass is 10.0. The molecule has 0 radical (unpaired) electrons. The normalized spacial score (nSPS) is 19.2. The number of carbonyl (C=O) groups excluding carboxylic acids is 1. The highest BCUT2D eigenvalue weighted by Gasteiger charge is 2.25. The monoisotopic (exact) mass is 190 g/mol. The van der Waals surface area contributed by atoms with Crippen molar-refractivity contribution in [3.63, 3.8) is 0 Å². The third-order valence-corrected chi connectivity index (χ3v) is 2.66. The molecule has 14 heavy (non-hydrogen) atoms. The van der Waals surface area contributed by atoms with E-state index in [0.29, 0.717) is 5.92 Å². The number of benzene rings is 1. The van der Waals surface area contributed by atoms with Gasteiger partial charge in [0.15, 0.2) is 0 Å². The fourth-order valence-electron chi connectivity index (χ4n) is 1.74. The van der Waals surface area contributed by atoms with E-state index in [4.69, 9.17) is 4.74 Å². The van der Waals surface area contributed by atoms with Gasteiger partial charge >= 0.3 is 0 Å². The molecule has 1 unspecified atom stereocenters. The molecule has 1 aliphatic rings. The number of ether oxygens (including phenoxy) is 1. The number of hydrogen-bond acceptors (Lipinski definition) is 2. The molecule has 0 saturated carbocycles. The van der Waals surface area contributed by atoms with Crippen LogP contribution in [-0.4, -0.2) is 12.4 Å². The lowest BCUT2D eigenvalue weighted by molar-refractivity contribution is 0.112. The minimum Gasteiger partial charge on any atom is -0.490 e. The zero-order chi connectivity index (χ0) is 10.1. The van der Waals surface area contributed by atoms with Crippen molar-refractivity contribution in [2.24, 2.45) is 5.92 Å². The van der Waals surface area contributed by atoms with Crippen LogP contribution in [0.5, 0.6) is 5.75 Å². The van der Waals surface area contributed by atoms with Gasteiger partial charge in [-0.3, -0.25) is 4.79 Å². The first kappa shape index (κ1) is 9.25. The van der Waals surface area contributed by atoms with Crippen molar-refractivity contribution in [3.8, 4) is 5.75 Å². The second-order valence-corrected chi connectivity index (χ2v) is 4.09. The van der Waals surface area contributed by atoms with E-state index in [1.54, 1.807) is 6.07 Å². The summed E-state index contributed by atoms with van der Waals surface area (Å²) in [6.07, 6.45) is 2.07. The number of carbonyl (C=O) groups is 1. The molecule has 2 nitrogen and oxygen atoms in total. The topological polar surface area (TPSA) is 26.3 Å². The van der Waals surface area contributed by atoms with Crippen LogP contribution in [0.1, 0.15) is 29.8 Å². The maximum Gasteiger partial charge on any atom is 0.150 e. The van der Waals surface area contributed by atoms with E-state index in [2.05, 4.69) is 13.8 Å². The van der Waals surface area contributed by atoms with Crippen molar-refractivity contribution in [3.05, 3.63) is 29.3 Å². The van der Waals surface area contributed by atoms with E-state index in [-0.39, 0.29) is 6.10 Å². The molecule has 0 N–H and O–H groups in total. The number of rotatable bonds is 2. The van der Waals surface area contributed by atoms with Crippen molar-refractivity contribution in [1.29, 1.82) is 0 Å². The largest absolute Gasteiger partial charge is 0.490 e. The van der Waals surface area contributed by atoms with Gasteiger partial charge in [0.05, 0.1) is 0 Å². The van der Waals surface area contributed by atoms with Gasteiger partial charge in [0.2, 0.25) is 0 Å². The van der Waals surface area contributed by atoms with E-state index >= 15 is 0 Å². The van der Waals surface area contributed by atoms with Crippen molar-refractivity contribution in [1.82, 2.24) is 0 Å². The second kappa shape index (κ2) is 3.45. The molecule has 0 saturated heterocycles. The summed E-state index contributed by atoms with van der Waals surface area (Å²) in [6.45, 7) is 4.30. The predicted octanol–water partition coefficient (Wildman–Crippen LogP) is 2.46. The summed E-state index contributed by atoms with van der Waals surface area (Å²) in [5, 5.41) is 0. The predicted molar refractivity (Wildman–Crippen MR) is 54.8 cm³/mol. The molecule has 2 heteroatoms. The van der Waals surface area contributed by atoms with Crippen LogP contribution in [0.15, 0.2) is 18.2 Å². The van der Waals surface area contributed by atoms with E-state index in [9.17, 15) is 4.79 Å². The SMILES string of the molecule is CC(C)C1Cc2cc(C=O)ccc2O1. The molecule has 0 amide bonds. The van der Waals surface area contributed by atoms with Gasteiger partial charge in [-0.25, -0.2) is 0 Å². The Balaban J connectivity index is 2.26. The van der Waals surface area contributed by atoms with Crippen molar-refractivity contribution in [2.75, 3.05) is 0 Å². The van der Waals surface area contributed by atoms with Crippen molar-refractivity contribution in [2.45, 2.75) is 26.4 Å². The van der Waals surface area contributed by atoms with Gasteiger partial charge in [0.25, 0.3) is 0 Å². The lowest BCUT2D eigenvalue weighted by Crippen LogP contribution is -2.19. The van der Waals surface area contributed by atoms with Crippen LogP contribution in [0.25, 0.3) is 0 Å². The molecule has 0 fully saturated rings. The third-order valence-electron chi connectivity index (χ3n) is 2.66. The van der Waals surface area contributed by atoms with Crippen LogP contribution in [0, 0.1) is 5.92 Å². The fraction of sp³-hybridized carbons (Fsp3) is 0.417. The van der Waals surface area contributed by atoms with Gasteiger partial charge in [-0.15, -0.1) is 0 Å². The molecule has 0 bridgehead atoms. The van der Waals surface area contributed by atoms with Gasteiger partial charge in [-0.05, 0) is 29.7 Å². The number of hydrogen-bond donors (Lipinski definition) is 0. The van der Waals surface area contributed by atoms with Crippen molar-refractivity contribution >= 4 is 6.29 Å². The highest BCUT2D eigenvalue weighted by Crippen LogP contribution is 2.31. The highest BCUT2D eigenvalue weighted by atomic mass is 16.5. The standard InChI is InChI=1S/C12H14O2/c1-8(2)12-6-10-5-9(7-13)3-4-11(10)14-12/h3-5,7-8,12H,6H2,1-2H3. The van der Waals surface area contributed by atoms with Crippen LogP contribution >= 0.6 is 0 Å². The zero-order valence-corrected chi connectivity index (χ0v) is 8.49. The first-order chi connectivity index (χ1) is 6.70. The molecule has 0 spiro atoms. The summed E-state index contributed by atoms with van der Waals surface area (Å²) in [6, 6.07) is 5.61. The van der Waals surface area contributed by atoms with Crippen LogP contribution in [-0.2, 0) is 6.42 Å².